The van der Waals surface area contributed by atoms with Crippen molar-refractivity contribution in [1.82, 2.24) is 0 Å². The number of halogens is 3. The van der Waals surface area contributed by atoms with Gasteiger partial charge in [-0.25, -0.2) is 5.84 Å². The second-order valence-electron chi connectivity index (χ2n) is 3.74. The van der Waals surface area contributed by atoms with Crippen molar-refractivity contribution in [2.45, 2.75) is 13.1 Å². The quantitative estimate of drug-likeness (QED) is 0.646. The number of benzene rings is 1. The second kappa shape index (κ2) is 5.14. The van der Waals surface area contributed by atoms with Gasteiger partial charge in [-0.3, -0.25) is 5.01 Å². The number of alkyl halides is 3. The van der Waals surface area contributed by atoms with E-state index in [0.29, 0.717) is 11.9 Å². The van der Waals surface area contributed by atoms with E-state index < -0.39 is 11.9 Å². The standard InChI is InChI=1S/C12H14F3N3/c1-3-9-4-5-10(8(2)6-9)18(17)7-11(16)12(13,14)15/h3-7H,1,16-17H2,2H3/b11-7-. The number of allylic oxidation sites excluding steroid dienone is 1. The summed E-state index contributed by atoms with van der Waals surface area (Å²) >= 11 is 0. The lowest BCUT2D eigenvalue weighted by Gasteiger charge is -2.18. The van der Waals surface area contributed by atoms with Gasteiger partial charge in [0.15, 0.2) is 0 Å². The van der Waals surface area contributed by atoms with Crippen LogP contribution in [0.15, 0.2) is 36.7 Å². The van der Waals surface area contributed by atoms with E-state index in [9.17, 15) is 13.2 Å². The molecule has 0 saturated heterocycles. The van der Waals surface area contributed by atoms with E-state index in [0.717, 1.165) is 16.1 Å². The van der Waals surface area contributed by atoms with Gasteiger partial charge in [0.2, 0.25) is 0 Å². The smallest absolute Gasteiger partial charge is 0.393 e. The van der Waals surface area contributed by atoms with Crippen LogP contribution in [0.1, 0.15) is 11.1 Å². The molecular formula is C12H14F3N3. The molecule has 3 nitrogen and oxygen atoms in total. The van der Waals surface area contributed by atoms with Crippen LogP contribution in [0.5, 0.6) is 0 Å². The van der Waals surface area contributed by atoms with Gasteiger partial charge in [-0.1, -0.05) is 18.7 Å². The first-order valence-electron chi connectivity index (χ1n) is 5.07. The van der Waals surface area contributed by atoms with Crippen LogP contribution in [-0.4, -0.2) is 6.18 Å². The third-order valence-electron chi connectivity index (χ3n) is 2.34. The van der Waals surface area contributed by atoms with Crippen LogP contribution in [0.3, 0.4) is 0 Å². The Morgan fingerprint density at radius 1 is 1.39 bits per heavy atom. The third kappa shape index (κ3) is 3.27. The molecule has 0 unspecified atom stereocenters. The largest absolute Gasteiger partial charge is 0.432 e. The summed E-state index contributed by atoms with van der Waals surface area (Å²) in [6.07, 6.45) is -2.31. The lowest BCUT2D eigenvalue weighted by molar-refractivity contribution is -0.0928. The average molecular weight is 257 g/mol. The molecular weight excluding hydrogens is 243 g/mol. The Hall–Kier alpha value is -1.95. The minimum Gasteiger partial charge on any atom is -0.393 e. The van der Waals surface area contributed by atoms with Crippen LogP contribution in [0.2, 0.25) is 0 Å². The molecule has 0 aliphatic rings. The van der Waals surface area contributed by atoms with Crippen molar-refractivity contribution in [1.29, 1.82) is 0 Å². The SMILES string of the molecule is C=Cc1ccc(N(N)/C=C(\N)C(F)(F)F)c(C)c1. The van der Waals surface area contributed by atoms with Crippen molar-refractivity contribution < 1.29 is 13.2 Å². The summed E-state index contributed by atoms with van der Waals surface area (Å²) in [4.78, 5) is 0. The summed E-state index contributed by atoms with van der Waals surface area (Å²) in [7, 11) is 0. The maximum atomic E-state index is 12.3. The number of rotatable bonds is 3. The number of hydrazine groups is 1. The van der Waals surface area contributed by atoms with Gasteiger partial charge < -0.3 is 5.73 Å². The third-order valence-corrected chi connectivity index (χ3v) is 2.34. The van der Waals surface area contributed by atoms with Crippen molar-refractivity contribution in [3.8, 4) is 0 Å². The zero-order valence-corrected chi connectivity index (χ0v) is 9.83. The Labute approximate surface area is 103 Å². The predicted octanol–water partition coefficient (Wildman–Crippen LogP) is 2.68. The summed E-state index contributed by atoms with van der Waals surface area (Å²) in [6.45, 7) is 5.34. The first-order valence-corrected chi connectivity index (χ1v) is 5.07. The fourth-order valence-electron chi connectivity index (χ4n) is 1.39. The van der Waals surface area contributed by atoms with Crippen LogP contribution in [0, 0.1) is 6.92 Å². The molecule has 0 bridgehead atoms. The molecule has 4 N–H and O–H groups in total. The van der Waals surface area contributed by atoms with E-state index in [1.165, 1.54) is 0 Å². The second-order valence-corrected chi connectivity index (χ2v) is 3.74. The van der Waals surface area contributed by atoms with Crippen molar-refractivity contribution in [3.63, 3.8) is 0 Å². The first kappa shape index (κ1) is 14.1. The van der Waals surface area contributed by atoms with Crippen molar-refractivity contribution in [3.05, 3.63) is 47.8 Å². The Balaban J connectivity index is 3.05. The Morgan fingerprint density at radius 3 is 2.44 bits per heavy atom. The number of hydrogen-bond acceptors (Lipinski definition) is 3. The van der Waals surface area contributed by atoms with E-state index in [1.54, 1.807) is 31.2 Å². The van der Waals surface area contributed by atoms with Crippen LogP contribution >= 0.6 is 0 Å². The fourth-order valence-corrected chi connectivity index (χ4v) is 1.39. The highest BCUT2D eigenvalue weighted by atomic mass is 19.4. The van der Waals surface area contributed by atoms with Gasteiger partial charge in [0.05, 0.1) is 5.69 Å². The molecule has 0 aliphatic carbocycles. The molecule has 0 spiro atoms. The molecule has 0 heterocycles. The molecule has 0 aliphatic heterocycles. The molecule has 0 aromatic heterocycles. The van der Waals surface area contributed by atoms with Gasteiger partial charge in [-0.2, -0.15) is 13.2 Å². The summed E-state index contributed by atoms with van der Waals surface area (Å²) in [5, 5.41) is 0.852. The number of aryl methyl sites for hydroxylation is 1. The van der Waals surface area contributed by atoms with E-state index in [4.69, 9.17) is 11.6 Å². The molecule has 98 valence electrons. The zero-order valence-electron chi connectivity index (χ0n) is 9.83. The van der Waals surface area contributed by atoms with Gasteiger partial charge in [0, 0.05) is 6.20 Å². The molecule has 6 heteroatoms. The average Bonchev–Trinajstić information content (AvgIpc) is 2.27. The highest BCUT2D eigenvalue weighted by Crippen LogP contribution is 2.24. The Bertz CT molecular complexity index is 478. The van der Waals surface area contributed by atoms with Gasteiger partial charge >= 0.3 is 6.18 Å². The summed E-state index contributed by atoms with van der Waals surface area (Å²) in [5.74, 6) is 5.54. The van der Waals surface area contributed by atoms with Gasteiger partial charge in [0.1, 0.15) is 5.70 Å². The Kier molecular flexibility index (Phi) is 4.03. The molecule has 0 radical (unpaired) electrons. The zero-order chi connectivity index (χ0) is 13.9. The maximum absolute atomic E-state index is 12.3. The minimum atomic E-state index is -4.59. The van der Waals surface area contributed by atoms with Gasteiger partial charge in [0.25, 0.3) is 0 Å². The molecule has 0 atom stereocenters. The van der Waals surface area contributed by atoms with Crippen LogP contribution in [0.4, 0.5) is 18.9 Å². The highest BCUT2D eigenvalue weighted by molar-refractivity contribution is 5.60. The molecule has 1 rings (SSSR count). The molecule has 1 aromatic carbocycles. The van der Waals surface area contributed by atoms with Crippen LogP contribution < -0.4 is 16.6 Å². The monoisotopic (exact) mass is 257 g/mol. The maximum Gasteiger partial charge on any atom is 0.432 e. The van der Waals surface area contributed by atoms with E-state index >= 15 is 0 Å². The highest BCUT2D eigenvalue weighted by Gasteiger charge is 2.32. The number of nitrogens with zero attached hydrogens (tertiary/aromatic N) is 1. The first-order chi connectivity index (χ1) is 8.25. The van der Waals surface area contributed by atoms with E-state index in [2.05, 4.69) is 6.58 Å². The van der Waals surface area contributed by atoms with Gasteiger partial charge in [-0.15, -0.1) is 0 Å². The topological polar surface area (TPSA) is 55.3 Å². The molecule has 0 saturated carbocycles. The van der Waals surface area contributed by atoms with Gasteiger partial charge in [-0.05, 0) is 30.2 Å². The molecule has 0 amide bonds. The van der Waals surface area contributed by atoms with Crippen LogP contribution in [0.25, 0.3) is 6.08 Å². The number of hydrogen-bond donors (Lipinski definition) is 2. The summed E-state index contributed by atoms with van der Waals surface area (Å²) in [6, 6.07) is 5.07. The summed E-state index contributed by atoms with van der Waals surface area (Å²) < 4.78 is 36.8. The molecule has 0 fully saturated rings. The van der Waals surface area contributed by atoms with Crippen LogP contribution in [-0.2, 0) is 0 Å². The lowest BCUT2D eigenvalue weighted by Crippen LogP contribution is -2.30. The lowest BCUT2D eigenvalue weighted by atomic mass is 10.1. The summed E-state index contributed by atoms with van der Waals surface area (Å²) in [5.41, 5.74) is 5.66. The molecule has 18 heavy (non-hydrogen) atoms. The normalized spacial score (nSPS) is 12.4. The van der Waals surface area contributed by atoms with Crippen molar-refractivity contribution in [2.75, 3.05) is 5.01 Å². The number of nitrogens with two attached hydrogens (primary N) is 2. The number of anilines is 1. The van der Waals surface area contributed by atoms with E-state index in [-0.39, 0.29) is 0 Å². The fraction of sp³-hybridized carbons (Fsp3) is 0.167. The van der Waals surface area contributed by atoms with Crippen molar-refractivity contribution >= 4 is 11.8 Å². The van der Waals surface area contributed by atoms with Crippen molar-refractivity contribution in [2.24, 2.45) is 11.6 Å². The minimum absolute atomic E-state index is 0.438. The van der Waals surface area contributed by atoms with E-state index in [1.807, 2.05) is 0 Å². The Morgan fingerprint density at radius 2 is 2.00 bits per heavy atom. The predicted molar refractivity (Wildman–Crippen MR) is 66.3 cm³/mol. The molecule has 1 aromatic rings.